The average molecular weight is 941 g/mol. The summed E-state index contributed by atoms with van der Waals surface area (Å²) in [5.41, 5.74) is 0. The zero-order chi connectivity index (χ0) is 46.8. The van der Waals surface area contributed by atoms with Crippen molar-refractivity contribution in [3.05, 3.63) is 36.5 Å². The number of carbonyl (C=O) groups excluding carboxylic acids is 2. The Morgan fingerprint density at radius 3 is 1.43 bits per heavy atom. The summed E-state index contributed by atoms with van der Waals surface area (Å²) in [5.74, 6) is -1.25. The Morgan fingerprint density at radius 1 is 0.508 bits per heavy atom. The summed E-state index contributed by atoms with van der Waals surface area (Å²) >= 11 is 0. The Morgan fingerprint density at radius 2 is 0.921 bits per heavy atom. The van der Waals surface area contributed by atoms with Crippen LogP contribution in [0.1, 0.15) is 181 Å². The predicted octanol–water partition coefficient (Wildman–Crippen LogP) is 8.73. The molecule has 1 aliphatic carbocycles. The highest BCUT2D eigenvalue weighted by Crippen LogP contribution is 2.49. The molecule has 0 bridgehead atoms. The topological polar surface area (TPSA) is 256 Å². The van der Waals surface area contributed by atoms with Gasteiger partial charge in [-0.05, 0) is 51.4 Å². The van der Waals surface area contributed by atoms with Gasteiger partial charge in [0.2, 0.25) is 0 Å². The molecule has 8 atom stereocenters. The lowest BCUT2D eigenvalue weighted by molar-refractivity contribution is -0.216. The van der Waals surface area contributed by atoms with E-state index < -0.39 is 83.5 Å². The van der Waals surface area contributed by atoms with Gasteiger partial charge in [0, 0.05) is 12.8 Å². The molecule has 1 saturated carbocycles. The van der Waals surface area contributed by atoms with Crippen LogP contribution in [0, 0.1) is 0 Å². The van der Waals surface area contributed by atoms with Gasteiger partial charge < -0.3 is 44.6 Å². The van der Waals surface area contributed by atoms with E-state index in [1.165, 1.54) is 83.5 Å². The largest absolute Gasteiger partial charge is 0.472 e. The summed E-state index contributed by atoms with van der Waals surface area (Å²) in [5, 5.41) is 41.2. The number of ether oxygens (including phenoxy) is 2. The van der Waals surface area contributed by atoms with Crippen molar-refractivity contribution in [2.75, 3.05) is 13.2 Å². The lowest BCUT2D eigenvalue weighted by Crippen LogP contribution is -2.64. The van der Waals surface area contributed by atoms with Crippen LogP contribution in [-0.4, -0.2) is 103 Å². The fourth-order valence-electron chi connectivity index (χ4n) is 7.03. The summed E-state index contributed by atoms with van der Waals surface area (Å²) in [6.45, 7) is 3.05. The van der Waals surface area contributed by atoms with E-state index >= 15 is 0 Å². The van der Waals surface area contributed by atoms with Gasteiger partial charge in [0.1, 0.15) is 43.2 Å². The number of hydrogen-bond donors (Lipinski definition) is 7. The molecular formula is C45H82O16P2. The Kier molecular flexibility index (Phi) is 34.2. The second-order valence-corrected chi connectivity index (χ2v) is 19.1. The van der Waals surface area contributed by atoms with Crippen LogP contribution in [0.5, 0.6) is 0 Å². The normalized spacial score (nSPS) is 22.2. The van der Waals surface area contributed by atoms with Crippen LogP contribution in [0.25, 0.3) is 0 Å². The van der Waals surface area contributed by atoms with Gasteiger partial charge in [0.05, 0.1) is 6.61 Å². The molecule has 0 amide bonds. The number of esters is 2. The standard InChI is InChI=1S/C45H82O16P2/c1-3-5-7-9-11-13-15-17-19-21-23-25-27-29-31-33-38(46)57-35-37(59-39(47)34-32-30-28-26-24-22-20-18-16-14-12-10-8-6-4-2)36-58-63(55,56)61-45-42(50)40(48)41(49)44(43(45)51)60-62(52,53)54/h12,14,18,20,24,26,37,40-45,48-51H,3-11,13,15-17,19,21-23,25,27-36H2,1-2H3,(H,55,56)(H2,52,53,54). The fourth-order valence-corrected chi connectivity index (χ4v) is 8.57. The van der Waals surface area contributed by atoms with E-state index in [0.717, 1.165) is 51.4 Å². The maximum absolute atomic E-state index is 13.0. The highest BCUT2D eigenvalue weighted by atomic mass is 31.2. The van der Waals surface area contributed by atoms with Crippen molar-refractivity contribution in [1.82, 2.24) is 0 Å². The molecule has 7 N–H and O–H groups in total. The summed E-state index contributed by atoms with van der Waals surface area (Å²) < 4.78 is 49.3. The molecule has 0 aromatic rings. The molecule has 0 saturated heterocycles. The van der Waals surface area contributed by atoms with Gasteiger partial charge in [-0.15, -0.1) is 0 Å². The minimum absolute atomic E-state index is 0.00315. The first kappa shape index (κ1) is 59.2. The minimum atomic E-state index is -5.37. The van der Waals surface area contributed by atoms with Crippen LogP contribution in [-0.2, 0) is 41.8 Å². The molecule has 1 aliphatic rings. The number of unbranched alkanes of at least 4 members (excludes halogenated alkanes) is 19. The van der Waals surface area contributed by atoms with Gasteiger partial charge in [-0.1, -0.05) is 153 Å². The Balaban J connectivity index is 2.62. The Bertz CT molecular complexity index is 1370. The zero-order valence-corrected chi connectivity index (χ0v) is 39.8. The van der Waals surface area contributed by atoms with E-state index in [1.54, 1.807) is 0 Å². The van der Waals surface area contributed by atoms with Crippen LogP contribution in [0.15, 0.2) is 36.5 Å². The molecular weight excluding hydrogens is 858 g/mol. The van der Waals surface area contributed by atoms with E-state index in [9.17, 15) is 44.0 Å². The van der Waals surface area contributed by atoms with Gasteiger partial charge in [0.25, 0.3) is 0 Å². The average Bonchev–Trinajstić information content (AvgIpc) is 3.23. The molecule has 0 aliphatic heterocycles. The van der Waals surface area contributed by atoms with Crippen LogP contribution < -0.4 is 0 Å². The molecule has 0 aromatic heterocycles. The first-order chi connectivity index (χ1) is 30.1. The second kappa shape index (κ2) is 36.4. The maximum Gasteiger partial charge on any atom is 0.472 e. The molecule has 368 valence electrons. The van der Waals surface area contributed by atoms with Crippen molar-refractivity contribution < 1.29 is 76.9 Å². The maximum atomic E-state index is 13.0. The molecule has 18 heteroatoms. The quantitative estimate of drug-likeness (QED) is 0.0132. The van der Waals surface area contributed by atoms with E-state index in [1.807, 2.05) is 6.08 Å². The smallest absolute Gasteiger partial charge is 0.462 e. The number of rotatable bonds is 39. The second-order valence-electron chi connectivity index (χ2n) is 16.5. The third kappa shape index (κ3) is 30.9. The molecule has 16 nitrogen and oxygen atoms in total. The molecule has 0 radical (unpaired) electrons. The Labute approximate surface area is 376 Å². The van der Waals surface area contributed by atoms with E-state index in [4.69, 9.17) is 28.3 Å². The van der Waals surface area contributed by atoms with Gasteiger partial charge in [-0.25, -0.2) is 9.13 Å². The van der Waals surface area contributed by atoms with Crippen LogP contribution in [0.4, 0.5) is 0 Å². The van der Waals surface area contributed by atoms with Crippen molar-refractivity contribution in [2.24, 2.45) is 0 Å². The number of aliphatic hydroxyl groups is 4. The summed E-state index contributed by atoms with van der Waals surface area (Å²) in [6.07, 6.45) is 23.9. The number of hydrogen-bond acceptors (Lipinski definition) is 13. The molecule has 63 heavy (non-hydrogen) atoms. The summed E-state index contributed by atoms with van der Waals surface area (Å²) in [6, 6.07) is 0. The zero-order valence-electron chi connectivity index (χ0n) is 38.0. The summed E-state index contributed by atoms with van der Waals surface area (Å²) in [4.78, 5) is 54.2. The van der Waals surface area contributed by atoms with Crippen molar-refractivity contribution in [3.63, 3.8) is 0 Å². The summed E-state index contributed by atoms with van der Waals surface area (Å²) in [7, 11) is -10.7. The monoisotopic (exact) mass is 941 g/mol. The molecule has 1 rings (SSSR count). The van der Waals surface area contributed by atoms with Gasteiger partial charge >= 0.3 is 27.6 Å². The third-order valence-corrected chi connectivity index (χ3v) is 12.2. The lowest BCUT2D eigenvalue weighted by atomic mass is 9.85. The van der Waals surface area contributed by atoms with Crippen molar-refractivity contribution in [3.8, 4) is 0 Å². The van der Waals surface area contributed by atoms with E-state index in [2.05, 4.69) is 48.8 Å². The lowest BCUT2D eigenvalue weighted by Gasteiger charge is -2.43. The third-order valence-electron chi connectivity index (χ3n) is 10.7. The van der Waals surface area contributed by atoms with Crippen molar-refractivity contribution in [2.45, 2.75) is 224 Å². The SMILES string of the molecule is CCCCCC=CCC=CCC=CCCCCC(=O)OC(COC(=O)CCCCCCCCCCCCCCCCC)COP(=O)(O)OC1C(O)C(O)C(O)C(OP(=O)(O)O)C1O. The molecule has 0 aromatic carbocycles. The molecule has 0 heterocycles. The molecule has 0 spiro atoms. The first-order valence-electron chi connectivity index (χ1n) is 23.5. The number of phosphoric ester groups is 2. The van der Waals surface area contributed by atoms with Crippen molar-refractivity contribution >= 4 is 27.6 Å². The highest BCUT2D eigenvalue weighted by molar-refractivity contribution is 7.47. The molecule has 1 fully saturated rings. The highest BCUT2D eigenvalue weighted by Gasteiger charge is 2.54. The molecule has 8 unspecified atom stereocenters. The van der Waals surface area contributed by atoms with Gasteiger partial charge in [-0.2, -0.15) is 0 Å². The van der Waals surface area contributed by atoms with Gasteiger partial charge in [0.15, 0.2) is 6.10 Å². The minimum Gasteiger partial charge on any atom is -0.462 e. The predicted molar refractivity (Wildman–Crippen MR) is 241 cm³/mol. The number of phosphoric acid groups is 2. The van der Waals surface area contributed by atoms with Crippen molar-refractivity contribution in [1.29, 1.82) is 0 Å². The number of allylic oxidation sites excluding steroid dienone is 6. The fraction of sp³-hybridized carbons (Fsp3) is 0.822. The van der Waals surface area contributed by atoms with Gasteiger partial charge in [-0.3, -0.25) is 23.2 Å². The van der Waals surface area contributed by atoms with Crippen LogP contribution in [0.2, 0.25) is 0 Å². The Hall–Kier alpha value is -1.78. The number of carbonyl (C=O) groups is 2. The van der Waals surface area contributed by atoms with Crippen LogP contribution in [0.3, 0.4) is 0 Å². The van der Waals surface area contributed by atoms with E-state index in [0.29, 0.717) is 19.3 Å². The number of aliphatic hydroxyl groups excluding tert-OH is 4. The first-order valence-corrected chi connectivity index (χ1v) is 26.6. The van der Waals surface area contributed by atoms with E-state index in [-0.39, 0.29) is 12.8 Å². The van der Waals surface area contributed by atoms with Crippen LogP contribution >= 0.6 is 15.6 Å².